The SMILES string of the molecule is C#CCNC(=O)C1CCCCC1(C)C. The molecule has 1 unspecified atom stereocenters. The van der Waals surface area contributed by atoms with Gasteiger partial charge in [-0.25, -0.2) is 0 Å². The van der Waals surface area contributed by atoms with Crippen molar-refractivity contribution < 1.29 is 4.79 Å². The zero-order chi connectivity index (χ0) is 10.6. The van der Waals surface area contributed by atoms with E-state index in [-0.39, 0.29) is 17.2 Å². The first-order chi connectivity index (χ1) is 6.58. The third-order valence-electron chi connectivity index (χ3n) is 3.19. The Morgan fingerprint density at radius 1 is 1.57 bits per heavy atom. The van der Waals surface area contributed by atoms with Crippen LogP contribution in [0.5, 0.6) is 0 Å². The fourth-order valence-electron chi connectivity index (χ4n) is 2.24. The van der Waals surface area contributed by atoms with Crippen LogP contribution >= 0.6 is 0 Å². The summed E-state index contributed by atoms with van der Waals surface area (Å²) in [5.74, 6) is 2.71. The highest BCUT2D eigenvalue weighted by molar-refractivity contribution is 5.79. The summed E-state index contributed by atoms with van der Waals surface area (Å²) >= 11 is 0. The number of amides is 1. The summed E-state index contributed by atoms with van der Waals surface area (Å²) in [5.41, 5.74) is 0.136. The molecule has 78 valence electrons. The van der Waals surface area contributed by atoms with Gasteiger partial charge in [-0.2, -0.15) is 0 Å². The van der Waals surface area contributed by atoms with Crippen molar-refractivity contribution in [3.8, 4) is 12.3 Å². The number of nitrogens with one attached hydrogen (secondary N) is 1. The standard InChI is InChI=1S/C12H19NO/c1-4-9-13-11(14)10-7-5-6-8-12(10,2)3/h1,10H,5-9H2,2-3H3,(H,13,14). The molecule has 1 N–H and O–H groups in total. The lowest BCUT2D eigenvalue weighted by Crippen LogP contribution is -2.41. The molecule has 1 rings (SSSR count). The van der Waals surface area contributed by atoms with E-state index in [0.29, 0.717) is 6.54 Å². The molecule has 14 heavy (non-hydrogen) atoms. The number of hydrogen-bond donors (Lipinski definition) is 1. The van der Waals surface area contributed by atoms with Crippen molar-refractivity contribution in [2.24, 2.45) is 11.3 Å². The predicted octanol–water partition coefficient (Wildman–Crippen LogP) is 1.95. The van der Waals surface area contributed by atoms with Crippen LogP contribution in [0.2, 0.25) is 0 Å². The van der Waals surface area contributed by atoms with Crippen LogP contribution in [0, 0.1) is 23.7 Å². The molecule has 2 nitrogen and oxygen atoms in total. The molecule has 1 aliphatic rings. The van der Waals surface area contributed by atoms with Gasteiger partial charge in [0.25, 0.3) is 0 Å². The zero-order valence-corrected chi connectivity index (χ0v) is 9.10. The Hall–Kier alpha value is -0.970. The van der Waals surface area contributed by atoms with Gasteiger partial charge >= 0.3 is 0 Å². The van der Waals surface area contributed by atoms with Gasteiger partial charge in [-0.05, 0) is 18.3 Å². The Morgan fingerprint density at radius 2 is 2.29 bits per heavy atom. The summed E-state index contributed by atoms with van der Waals surface area (Å²) in [5, 5.41) is 2.78. The number of carbonyl (C=O) groups is 1. The van der Waals surface area contributed by atoms with Crippen molar-refractivity contribution >= 4 is 5.91 Å². The van der Waals surface area contributed by atoms with Crippen molar-refractivity contribution in [3.05, 3.63) is 0 Å². The maximum atomic E-state index is 11.8. The summed E-state index contributed by atoms with van der Waals surface area (Å²) in [6, 6.07) is 0. The first-order valence-electron chi connectivity index (χ1n) is 5.29. The first kappa shape index (κ1) is 11.1. The highest BCUT2D eigenvalue weighted by atomic mass is 16.1. The van der Waals surface area contributed by atoms with E-state index in [4.69, 9.17) is 6.42 Å². The number of terminal acetylenes is 1. The van der Waals surface area contributed by atoms with Gasteiger partial charge in [0.2, 0.25) is 5.91 Å². The Morgan fingerprint density at radius 3 is 2.86 bits per heavy atom. The molecule has 0 spiro atoms. The average Bonchev–Trinajstić information content (AvgIpc) is 2.13. The van der Waals surface area contributed by atoms with Crippen LogP contribution in [0.15, 0.2) is 0 Å². The molecular weight excluding hydrogens is 174 g/mol. The average molecular weight is 193 g/mol. The van der Waals surface area contributed by atoms with Crippen molar-refractivity contribution in [3.63, 3.8) is 0 Å². The monoisotopic (exact) mass is 193 g/mol. The van der Waals surface area contributed by atoms with Gasteiger partial charge in [0, 0.05) is 5.92 Å². The molecule has 2 heteroatoms. The second-order valence-corrected chi connectivity index (χ2v) is 4.71. The summed E-state index contributed by atoms with van der Waals surface area (Å²) in [6.45, 7) is 4.70. The fourth-order valence-corrected chi connectivity index (χ4v) is 2.24. The third kappa shape index (κ3) is 2.51. The molecule has 0 aromatic carbocycles. The summed E-state index contributed by atoms with van der Waals surface area (Å²) in [4.78, 5) is 11.8. The minimum Gasteiger partial charge on any atom is -0.345 e. The molecule has 0 bridgehead atoms. The summed E-state index contributed by atoms with van der Waals surface area (Å²) in [6.07, 6.45) is 9.66. The quantitative estimate of drug-likeness (QED) is 0.667. The minimum atomic E-state index is 0.132. The van der Waals surface area contributed by atoms with Crippen molar-refractivity contribution in [2.75, 3.05) is 6.54 Å². The Labute approximate surface area is 86.5 Å². The van der Waals surface area contributed by atoms with E-state index in [9.17, 15) is 4.79 Å². The fraction of sp³-hybridized carbons (Fsp3) is 0.750. The van der Waals surface area contributed by atoms with Gasteiger partial charge in [0.1, 0.15) is 0 Å². The van der Waals surface area contributed by atoms with Gasteiger partial charge in [-0.15, -0.1) is 6.42 Å². The van der Waals surface area contributed by atoms with Crippen LogP contribution in [0.4, 0.5) is 0 Å². The van der Waals surface area contributed by atoms with E-state index in [1.54, 1.807) is 0 Å². The van der Waals surface area contributed by atoms with Crippen LogP contribution in [0.3, 0.4) is 0 Å². The van der Waals surface area contributed by atoms with Gasteiger partial charge in [-0.1, -0.05) is 32.6 Å². The second kappa shape index (κ2) is 4.50. The molecule has 0 radical (unpaired) electrons. The largest absolute Gasteiger partial charge is 0.345 e. The Kier molecular flexibility index (Phi) is 3.57. The molecule has 0 aliphatic heterocycles. The Balaban J connectivity index is 2.56. The van der Waals surface area contributed by atoms with E-state index in [1.165, 1.54) is 6.42 Å². The lowest BCUT2D eigenvalue weighted by atomic mass is 9.68. The van der Waals surface area contributed by atoms with Gasteiger partial charge in [0.05, 0.1) is 6.54 Å². The maximum absolute atomic E-state index is 11.8. The van der Waals surface area contributed by atoms with Crippen LogP contribution in [0.25, 0.3) is 0 Å². The molecule has 1 amide bonds. The molecule has 0 aromatic heterocycles. The minimum absolute atomic E-state index is 0.132. The van der Waals surface area contributed by atoms with Crippen molar-refractivity contribution in [2.45, 2.75) is 39.5 Å². The van der Waals surface area contributed by atoms with Crippen molar-refractivity contribution in [1.82, 2.24) is 5.32 Å². The molecule has 0 heterocycles. The zero-order valence-electron chi connectivity index (χ0n) is 9.10. The van der Waals surface area contributed by atoms with E-state index in [0.717, 1.165) is 19.3 Å². The van der Waals surface area contributed by atoms with Gasteiger partial charge in [-0.3, -0.25) is 4.79 Å². The van der Waals surface area contributed by atoms with E-state index in [2.05, 4.69) is 25.1 Å². The van der Waals surface area contributed by atoms with E-state index >= 15 is 0 Å². The maximum Gasteiger partial charge on any atom is 0.224 e. The summed E-state index contributed by atoms with van der Waals surface area (Å²) < 4.78 is 0. The first-order valence-corrected chi connectivity index (χ1v) is 5.29. The Bertz CT molecular complexity index is 250. The predicted molar refractivity (Wildman–Crippen MR) is 57.6 cm³/mol. The lowest BCUT2D eigenvalue weighted by molar-refractivity contribution is -0.129. The van der Waals surface area contributed by atoms with E-state index < -0.39 is 0 Å². The smallest absolute Gasteiger partial charge is 0.224 e. The lowest BCUT2D eigenvalue weighted by Gasteiger charge is -2.37. The molecule has 1 saturated carbocycles. The number of hydrogen-bond acceptors (Lipinski definition) is 1. The molecule has 1 aliphatic carbocycles. The molecule has 1 atom stereocenters. The highest BCUT2D eigenvalue weighted by Crippen LogP contribution is 2.40. The molecule has 0 aromatic rings. The van der Waals surface area contributed by atoms with Gasteiger partial charge < -0.3 is 5.32 Å². The highest BCUT2D eigenvalue weighted by Gasteiger charge is 2.36. The van der Waals surface area contributed by atoms with E-state index in [1.807, 2.05) is 0 Å². The third-order valence-corrected chi connectivity index (χ3v) is 3.19. The van der Waals surface area contributed by atoms with Gasteiger partial charge in [0.15, 0.2) is 0 Å². The van der Waals surface area contributed by atoms with Crippen LogP contribution in [0.1, 0.15) is 39.5 Å². The topological polar surface area (TPSA) is 29.1 Å². The number of rotatable bonds is 2. The van der Waals surface area contributed by atoms with Crippen LogP contribution < -0.4 is 5.32 Å². The normalized spacial score (nSPS) is 25.1. The van der Waals surface area contributed by atoms with Crippen LogP contribution in [-0.2, 0) is 4.79 Å². The molecular formula is C12H19NO. The molecule has 0 saturated heterocycles. The second-order valence-electron chi connectivity index (χ2n) is 4.71. The number of carbonyl (C=O) groups excluding carboxylic acids is 1. The molecule has 1 fully saturated rings. The summed E-state index contributed by atoms with van der Waals surface area (Å²) in [7, 11) is 0. The van der Waals surface area contributed by atoms with Crippen molar-refractivity contribution in [1.29, 1.82) is 0 Å². The van der Waals surface area contributed by atoms with Crippen LogP contribution in [-0.4, -0.2) is 12.5 Å².